The van der Waals surface area contributed by atoms with Gasteiger partial charge in [0.05, 0.1) is 5.02 Å². The summed E-state index contributed by atoms with van der Waals surface area (Å²) in [7, 11) is 0. The summed E-state index contributed by atoms with van der Waals surface area (Å²) in [5, 5.41) is 10.6. The van der Waals surface area contributed by atoms with Crippen LogP contribution in [0.25, 0.3) is 0 Å². The molecule has 5 heteroatoms. The Morgan fingerprint density at radius 3 is 2.47 bits per heavy atom. The van der Waals surface area contributed by atoms with Crippen LogP contribution in [0.3, 0.4) is 0 Å². The van der Waals surface area contributed by atoms with E-state index in [0.29, 0.717) is 15.1 Å². The van der Waals surface area contributed by atoms with Crippen LogP contribution in [0.1, 0.15) is 22.8 Å². The Kier molecular flexibility index (Phi) is 4.23. The van der Waals surface area contributed by atoms with E-state index in [4.69, 9.17) is 11.6 Å². The molecule has 0 saturated carbocycles. The molecular formula is C14H10BrClF2O. The molecule has 0 bridgehead atoms. The van der Waals surface area contributed by atoms with Gasteiger partial charge in [0.1, 0.15) is 17.7 Å². The average molecular weight is 348 g/mol. The maximum Gasteiger partial charge on any atom is 0.132 e. The monoisotopic (exact) mass is 346 g/mol. The van der Waals surface area contributed by atoms with Crippen molar-refractivity contribution < 1.29 is 13.9 Å². The van der Waals surface area contributed by atoms with E-state index in [0.717, 1.165) is 6.07 Å². The summed E-state index contributed by atoms with van der Waals surface area (Å²) >= 11 is 9.16. The average Bonchev–Trinajstić information content (AvgIpc) is 2.36. The number of halogens is 4. The first kappa shape index (κ1) is 14.4. The fourth-order valence-electron chi connectivity index (χ4n) is 1.75. The normalized spacial score (nSPS) is 12.5. The molecule has 2 rings (SSSR count). The van der Waals surface area contributed by atoms with Crippen LogP contribution >= 0.6 is 27.5 Å². The molecule has 1 nitrogen and oxygen atoms in total. The van der Waals surface area contributed by atoms with Crippen molar-refractivity contribution >= 4 is 27.5 Å². The van der Waals surface area contributed by atoms with E-state index in [1.54, 1.807) is 12.1 Å². The minimum absolute atomic E-state index is 0.0253. The number of hydrogen-bond acceptors (Lipinski definition) is 1. The van der Waals surface area contributed by atoms with Gasteiger partial charge in [0.25, 0.3) is 0 Å². The van der Waals surface area contributed by atoms with Crippen LogP contribution < -0.4 is 0 Å². The number of aliphatic hydroxyl groups excluding tert-OH is 1. The highest BCUT2D eigenvalue weighted by Crippen LogP contribution is 2.30. The van der Waals surface area contributed by atoms with Gasteiger partial charge >= 0.3 is 0 Å². The van der Waals surface area contributed by atoms with Crippen LogP contribution in [0.4, 0.5) is 8.78 Å². The third-order valence-corrected chi connectivity index (χ3v) is 4.06. The minimum atomic E-state index is -1.19. The number of aliphatic hydroxyl groups is 1. The van der Waals surface area contributed by atoms with E-state index >= 15 is 0 Å². The molecule has 2 aromatic rings. The smallest absolute Gasteiger partial charge is 0.132 e. The number of benzene rings is 2. The molecule has 1 N–H and O–H groups in total. The third-order valence-electron chi connectivity index (χ3n) is 2.83. The Morgan fingerprint density at radius 2 is 1.84 bits per heavy atom. The van der Waals surface area contributed by atoms with Crippen LogP contribution in [0.2, 0.25) is 5.02 Å². The predicted octanol–water partition coefficient (Wildman–Crippen LogP) is 4.77. The second-order valence-electron chi connectivity index (χ2n) is 4.20. The third kappa shape index (κ3) is 2.96. The predicted molar refractivity (Wildman–Crippen MR) is 74.3 cm³/mol. The van der Waals surface area contributed by atoms with Crippen molar-refractivity contribution in [2.24, 2.45) is 0 Å². The van der Waals surface area contributed by atoms with Gasteiger partial charge in [-0.25, -0.2) is 8.78 Å². The first-order valence-electron chi connectivity index (χ1n) is 5.48. The van der Waals surface area contributed by atoms with Gasteiger partial charge in [0.2, 0.25) is 0 Å². The first-order chi connectivity index (χ1) is 8.90. The Bertz CT molecular complexity index is 631. The highest BCUT2D eigenvalue weighted by molar-refractivity contribution is 9.10. The van der Waals surface area contributed by atoms with Crippen LogP contribution in [0.5, 0.6) is 0 Å². The Labute approximate surface area is 123 Å². The maximum atomic E-state index is 13.7. The van der Waals surface area contributed by atoms with Gasteiger partial charge in [0.15, 0.2) is 0 Å². The van der Waals surface area contributed by atoms with Crippen molar-refractivity contribution in [1.82, 2.24) is 0 Å². The Balaban J connectivity index is 2.46. The molecule has 0 heterocycles. The summed E-state index contributed by atoms with van der Waals surface area (Å²) in [6.07, 6.45) is -1.19. The topological polar surface area (TPSA) is 20.2 Å². The van der Waals surface area contributed by atoms with Crippen molar-refractivity contribution in [1.29, 1.82) is 0 Å². The Morgan fingerprint density at radius 1 is 1.16 bits per heavy atom. The molecule has 1 unspecified atom stereocenters. The SMILES string of the molecule is Cc1cc(C(O)c2ccc(Br)c(Cl)c2)c(F)cc1F. The largest absolute Gasteiger partial charge is 0.384 e. The summed E-state index contributed by atoms with van der Waals surface area (Å²) in [6, 6.07) is 6.89. The van der Waals surface area contributed by atoms with Crippen LogP contribution in [-0.2, 0) is 0 Å². The molecule has 0 aliphatic heterocycles. The fraction of sp³-hybridized carbons (Fsp3) is 0.143. The molecule has 0 spiro atoms. The highest BCUT2D eigenvalue weighted by Gasteiger charge is 2.17. The molecule has 19 heavy (non-hydrogen) atoms. The maximum absolute atomic E-state index is 13.7. The van der Waals surface area contributed by atoms with Crippen molar-refractivity contribution in [2.45, 2.75) is 13.0 Å². The van der Waals surface area contributed by atoms with Gasteiger partial charge in [-0.1, -0.05) is 17.7 Å². The zero-order valence-corrected chi connectivity index (χ0v) is 12.3. The van der Waals surface area contributed by atoms with Crippen molar-refractivity contribution in [3.05, 3.63) is 68.2 Å². The van der Waals surface area contributed by atoms with Crippen molar-refractivity contribution in [3.63, 3.8) is 0 Å². The minimum Gasteiger partial charge on any atom is -0.384 e. The summed E-state index contributed by atoms with van der Waals surface area (Å²) in [5.74, 6) is -1.42. The molecule has 0 aromatic heterocycles. The van der Waals surface area contributed by atoms with E-state index in [-0.39, 0.29) is 11.1 Å². The summed E-state index contributed by atoms with van der Waals surface area (Å²) < 4.78 is 27.6. The van der Waals surface area contributed by atoms with Crippen molar-refractivity contribution in [3.8, 4) is 0 Å². The molecule has 0 amide bonds. The summed E-state index contributed by atoms with van der Waals surface area (Å²) in [4.78, 5) is 0. The standard InChI is InChI=1S/C14H10BrClF2O/c1-7-4-9(13(18)6-12(7)17)14(19)8-2-3-10(15)11(16)5-8/h2-6,14,19H,1H3. The lowest BCUT2D eigenvalue weighted by Gasteiger charge is -2.14. The van der Waals surface area contributed by atoms with Gasteiger partial charge in [-0.05, 0) is 52.2 Å². The second-order valence-corrected chi connectivity index (χ2v) is 5.46. The molecule has 0 saturated heterocycles. The van der Waals surface area contributed by atoms with Crippen LogP contribution in [-0.4, -0.2) is 5.11 Å². The second kappa shape index (κ2) is 5.57. The van der Waals surface area contributed by atoms with E-state index in [9.17, 15) is 13.9 Å². The van der Waals surface area contributed by atoms with E-state index < -0.39 is 17.7 Å². The molecule has 100 valence electrons. The molecule has 1 atom stereocenters. The van der Waals surface area contributed by atoms with E-state index in [2.05, 4.69) is 15.9 Å². The molecule has 2 aromatic carbocycles. The van der Waals surface area contributed by atoms with Gasteiger partial charge in [-0.2, -0.15) is 0 Å². The molecular weight excluding hydrogens is 338 g/mol. The summed E-state index contributed by atoms with van der Waals surface area (Å²) in [6.45, 7) is 1.51. The van der Waals surface area contributed by atoms with E-state index in [1.165, 1.54) is 19.1 Å². The number of hydrogen-bond donors (Lipinski definition) is 1. The molecule has 0 radical (unpaired) electrons. The molecule has 0 fully saturated rings. The Hall–Kier alpha value is -0.970. The van der Waals surface area contributed by atoms with Gasteiger partial charge < -0.3 is 5.11 Å². The van der Waals surface area contributed by atoms with Crippen LogP contribution in [0, 0.1) is 18.6 Å². The lowest BCUT2D eigenvalue weighted by molar-refractivity contribution is 0.214. The summed E-state index contributed by atoms with van der Waals surface area (Å²) in [5.41, 5.74) is 0.744. The first-order valence-corrected chi connectivity index (χ1v) is 6.66. The van der Waals surface area contributed by atoms with Crippen molar-refractivity contribution in [2.75, 3.05) is 0 Å². The molecule has 0 aliphatic carbocycles. The zero-order chi connectivity index (χ0) is 14.2. The van der Waals surface area contributed by atoms with E-state index in [1.807, 2.05) is 0 Å². The lowest BCUT2D eigenvalue weighted by Crippen LogP contribution is -2.04. The highest BCUT2D eigenvalue weighted by atomic mass is 79.9. The van der Waals surface area contributed by atoms with Crippen LogP contribution in [0.15, 0.2) is 34.8 Å². The van der Waals surface area contributed by atoms with Gasteiger partial charge in [0, 0.05) is 16.1 Å². The lowest BCUT2D eigenvalue weighted by atomic mass is 9.99. The number of rotatable bonds is 2. The molecule has 0 aliphatic rings. The van der Waals surface area contributed by atoms with Gasteiger partial charge in [-0.15, -0.1) is 0 Å². The zero-order valence-electron chi connectivity index (χ0n) is 9.92. The quantitative estimate of drug-likeness (QED) is 0.829. The fourth-order valence-corrected chi connectivity index (χ4v) is 2.19. The van der Waals surface area contributed by atoms with Gasteiger partial charge in [-0.3, -0.25) is 0 Å². The number of aryl methyl sites for hydroxylation is 1.